The van der Waals surface area contributed by atoms with E-state index in [2.05, 4.69) is 20.4 Å². The number of aromatic amines is 2. The third-order valence-electron chi connectivity index (χ3n) is 6.08. The Morgan fingerprint density at radius 2 is 2.06 bits per heavy atom. The third kappa shape index (κ3) is 3.92. The van der Waals surface area contributed by atoms with Crippen LogP contribution in [0.5, 0.6) is 5.75 Å². The van der Waals surface area contributed by atoms with Crippen LogP contribution in [0.2, 0.25) is 0 Å². The van der Waals surface area contributed by atoms with Crippen molar-refractivity contribution in [2.24, 2.45) is 0 Å². The Balaban J connectivity index is 1.16. The predicted octanol–water partition coefficient (Wildman–Crippen LogP) is 3.15. The zero-order valence-electron chi connectivity index (χ0n) is 17.0. The molecule has 0 bridgehead atoms. The molecule has 31 heavy (non-hydrogen) atoms. The Hall–Kier alpha value is -3.23. The molecule has 3 heterocycles. The molecule has 1 atom stereocenters. The van der Waals surface area contributed by atoms with Crippen LogP contribution in [0, 0.1) is 11.6 Å². The molecule has 0 unspecified atom stereocenters. The summed E-state index contributed by atoms with van der Waals surface area (Å²) in [6.07, 6.45) is 4.37. The van der Waals surface area contributed by atoms with Crippen LogP contribution in [0.3, 0.4) is 0 Å². The van der Waals surface area contributed by atoms with Crippen molar-refractivity contribution in [2.75, 3.05) is 19.7 Å². The lowest BCUT2D eigenvalue weighted by Crippen LogP contribution is -2.29. The van der Waals surface area contributed by atoms with E-state index in [9.17, 15) is 13.6 Å². The number of hydrogen-bond donors (Lipinski definition) is 2. The number of ether oxygens (including phenoxy) is 1. The summed E-state index contributed by atoms with van der Waals surface area (Å²) < 4.78 is 31.7. The molecule has 2 aromatic heterocycles. The summed E-state index contributed by atoms with van der Waals surface area (Å²) in [6.45, 7) is 1.62. The van der Waals surface area contributed by atoms with Crippen LogP contribution >= 0.6 is 0 Å². The van der Waals surface area contributed by atoms with Crippen molar-refractivity contribution >= 4 is 5.91 Å². The zero-order valence-corrected chi connectivity index (χ0v) is 17.0. The first-order valence-corrected chi connectivity index (χ1v) is 10.6. The molecule has 3 aromatic rings. The minimum Gasteiger partial charge on any atom is -0.493 e. The van der Waals surface area contributed by atoms with Gasteiger partial charge in [-0.1, -0.05) is 0 Å². The Bertz CT molecular complexity index is 1110. The molecule has 1 aromatic carbocycles. The number of H-pyrrole nitrogens is 2. The van der Waals surface area contributed by atoms with Crippen LogP contribution in [0.1, 0.15) is 51.9 Å². The number of fused-ring (bicyclic) bond motifs is 1. The van der Waals surface area contributed by atoms with Gasteiger partial charge in [0, 0.05) is 48.4 Å². The molecule has 7 nitrogen and oxygen atoms in total. The van der Waals surface area contributed by atoms with Gasteiger partial charge in [-0.15, -0.1) is 0 Å². The highest BCUT2D eigenvalue weighted by molar-refractivity contribution is 5.94. The van der Waals surface area contributed by atoms with Crippen molar-refractivity contribution in [1.82, 2.24) is 25.3 Å². The highest BCUT2D eigenvalue weighted by Crippen LogP contribution is 2.29. The molecule has 1 amide bonds. The van der Waals surface area contributed by atoms with Gasteiger partial charge in [0.1, 0.15) is 5.75 Å². The molecule has 9 heteroatoms. The summed E-state index contributed by atoms with van der Waals surface area (Å²) in [5, 5.41) is 14.7. The summed E-state index contributed by atoms with van der Waals surface area (Å²) >= 11 is 0. The lowest BCUT2D eigenvalue weighted by Gasteiger charge is -2.15. The summed E-state index contributed by atoms with van der Waals surface area (Å²) in [5.74, 6) is -1.37. The fourth-order valence-electron chi connectivity index (χ4n) is 4.39. The molecule has 0 spiro atoms. The lowest BCUT2D eigenvalue weighted by molar-refractivity contribution is 0.0783. The Morgan fingerprint density at radius 3 is 2.94 bits per heavy atom. The number of nitrogens with zero attached hydrogens (tertiary/aromatic N) is 3. The van der Waals surface area contributed by atoms with Gasteiger partial charge in [0.2, 0.25) is 0 Å². The Kier molecular flexibility index (Phi) is 5.17. The van der Waals surface area contributed by atoms with Gasteiger partial charge in [0.05, 0.1) is 12.3 Å². The first-order chi connectivity index (χ1) is 15.1. The number of aromatic nitrogens is 4. The second-order valence-electron chi connectivity index (χ2n) is 8.11. The maximum absolute atomic E-state index is 13.2. The minimum atomic E-state index is -0.929. The maximum Gasteiger partial charge on any atom is 0.274 e. The van der Waals surface area contributed by atoms with Gasteiger partial charge in [-0.05, 0) is 43.9 Å². The number of nitrogens with one attached hydrogen (secondary N) is 2. The SMILES string of the molecule is O=C(c1n[nH]c2c1CCC2)N1CC[C@H](c2cc(CCOc3ccc(F)c(F)c3)[nH]n2)C1. The molecule has 0 radical (unpaired) electrons. The van der Waals surface area contributed by atoms with Crippen molar-refractivity contribution in [3.63, 3.8) is 0 Å². The van der Waals surface area contributed by atoms with Gasteiger partial charge in [-0.25, -0.2) is 8.78 Å². The fourth-order valence-corrected chi connectivity index (χ4v) is 4.39. The first kappa shape index (κ1) is 19.7. The van der Waals surface area contributed by atoms with E-state index in [1.807, 2.05) is 11.0 Å². The van der Waals surface area contributed by atoms with E-state index in [1.54, 1.807) is 0 Å². The number of hydrogen-bond acceptors (Lipinski definition) is 4. The van der Waals surface area contributed by atoms with Crippen LogP contribution in [-0.2, 0) is 19.3 Å². The van der Waals surface area contributed by atoms with Gasteiger partial charge in [0.25, 0.3) is 5.91 Å². The topological polar surface area (TPSA) is 86.9 Å². The van der Waals surface area contributed by atoms with Crippen LogP contribution in [0.25, 0.3) is 0 Å². The first-order valence-electron chi connectivity index (χ1n) is 10.6. The Morgan fingerprint density at radius 1 is 1.16 bits per heavy atom. The van der Waals surface area contributed by atoms with Crippen molar-refractivity contribution in [3.05, 3.63) is 64.2 Å². The summed E-state index contributed by atoms with van der Waals surface area (Å²) in [5.41, 5.74) is 4.57. The number of likely N-dealkylation sites (tertiary alicyclic amines) is 1. The average Bonchev–Trinajstić information content (AvgIpc) is 3.54. The number of halogens is 2. The fraction of sp³-hybridized carbons (Fsp3) is 0.409. The molecule has 1 fully saturated rings. The third-order valence-corrected chi connectivity index (χ3v) is 6.08. The molecule has 5 rings (SSSR count). The predicted molar refractivity (Wildman–Crippen MR) is 108 cm³/mol. The highest BCUT2D eigenvalue weighted by Gasteiger charge is 2.33. The number of amides is 1. The number of carbonyl (C=O) groups excluding carboxylic acids is 1. The lowest BCUT2D eigenvalue weighted by atomic mass is 10.0. The summed E-state index contributed by atoms with van der Waals surface area (Å²) in [4.78, 5) is 14.8. The summed E-state index contributed by atoms with van der Waals surface area (Å²) in [7, 11) is 0. The van der Waals surface area contributed by atoms with E-state index in [-0.39, 0.29) is 17.6 Å². The molecule has 1 aliphatic carbocycles. The van der Waals surface area contributed by atoms with E-state index in [4.69, 9.17) is 4.74 Å². The van der Waals surface area contributed by atoms with Crippen molar-refractivity contribution in [2.45, 2.75) is 38.0 Å². The van der Waals surface area contributed by atoms with E-state index in [0.29, 0.717) is 31.8 Å². The molecular formula is C22H23F2N5O2. The van der Waals surface area contributed by atoms with Crippen molar-refractivity contribution in [1.29, 1.82) is 0 Å². The quantitative estimate of drug-likeness (QED) is 0.633. The molecule has 1 aliphatic heterocycles. The van der Waals surface area contributed by atoms with Gasteiger partial charge in [0.15, 0.2) is 17.3 Å². The zero-order chi connectivity index (χ0) is 21.4. The Labute approximate surface area is 177 Å². The summed E-state index contributed by atoms with van der Waals surface area (Å²) in [6, 6.07) is 5.46. The second-order valence-corrected chi connectivity index (χ2v) is 8.11. The van der Waals surface area contributed by atoms with Crippen molar-refractivity contribution < 1.29 is 18.3 Å². The van der Waals surface area contributed by atoms with Gasteiger partial charge in [-0.3, -0.25) is 15.0 Å². The second kappa shape index (κ2) is 8.13. The molecule has 0 saturated carbocycles. The largest absolute Gasteiger partial charge is 0.493 e. The normalized spacial score (nSPS) is 17.9. The van der Waals surface area contributed by atoms with E-state index in [0.717, 1.165) is 60.5 Å². The smallest absolute Gasteiger partial charge is 0.274 e. The molecule has 2 aliphatic rings. The molecule has 1 saturated heterocycles. The molecular weight excluding hydrogens is 404 g/mol. The van der Waals surface area contributed by atoms with Crippen molar-refractivity contribution in [3.8, 4) is 5.75 Å². The van der Waals surface area contributed by atoms with Gasteiger partial charge < -0.3 is 9.64 Å². The maximum atomic E-state index is 13.2. The monoisotopic (exact) mass is 427 g/mol. The molecule has 2 N–H and O–H groups in total. The van der Waals surface area contributed by atoms with Gasteiger partial charge >= 0.3 is 0 Å². The molecule has 162 valence electrons. The number of rotatable bonds is 6. The highest BCUT2D eigenvalue weighted by atomic mass is 19.2. The number of aryl methyl sites for hydroxylation is 1. The van der Waals surface area contributed by atoms with Crippen LogP contribution in [0.15, 0.2) is 24.3 Å². The standard InChI is InChI=1S/C22H23F2N5O2/c23-17-5-4-15(11-18(17)24)31-9-7-14-10-20(27-25-14)13-6-8-29(12-13)22(30)21-16-2-1-3-19(16)26-28-21/h4-5,10-11,13H,1-3,6-9,12H2,(H,25,27)(H,26,28)/t13-/m0/s1. The van der Waals surface area contributed by atoms with Crippen LogP contribution < -0.4 is 4.74 Å². The van der Waals surface area contributed by atoms with E-state index >= 15 is 0 Å². The van der Waals surface area contributed by atoms with E-state index < -0.39 is 11.6 Å². The van der Waals surface area contributed by atoms with E-state index in [1.165, 1.54) is 6.07 Å². The average molecular weight is 427 g/mol. The van der Waals surface area contributed by atoms with Gasteiger partial charge in [-0.2, -0.15) is 10.2 Å². The van der Waals surface area contributed by atoms with Crippen LogP contribution in [0.4, 0.5) is 8.78 Å². The minimum absolute atomic E-state index is 0.00223. The number of benzene rings is 1. The van der Waals surface area contributed by atoms with Crippen LogP contribution in [-0.4, -0.2) is 50.9 Å². The number of carbonyl (C=O) groups is 1.